The Kier molecular flexibility index (Phi) is 5.73. The van der Waals surface area contributed by atoms with E-state index in [1.807, 2.05) is 31.2 Å². The number of benzene rings is 2. The molecule has 2 aromatic rings. The highest BCUT2D eigenvalue weighted by atomic mass is 16.6. The Hall–Kier alpha value is -3.09. The number of hydrogen-bond acceptors (Lipinski definition) is 6. The zero-order valence-corrected chi connectivity index (χ0v) is 13.4. The number of carbonyl (C=O) groups excluding carboxylic acids is 1. The van der Waals surface area contributed by atoms with E-state index in [9.17, 15) is 14.9 Å². The first-order valence-corrected chi connectivity index (χ1v) is 7.32. The van der Waals surface area contributed by atoms with Gasteiger partial charge in [0.25, 0.3) is 5.69 Å². The van der Waals surface area contributed by atoms with Gasteiger partial charge in [-0.15, -0.1) is 0 Å². The first-order chi connectivity index (χ1) is 11.5. The van der Waals surface area contributed by atoms with Crippen LogP contribution in [0.1, 0.15) is 15.9 Å². The van der Waals surface area contributed by atoms with Crippen molar-refractivity contribution in [1.29, 1.82) is 0 Å². The van der Waals surface area contributed by atoms with Gasteiger partial charge >= 0.3 is 5.97 Å². The Balaban J connectivity index is 1.99. The molecule has 126 valence electrons. The summed E-state index contributed by atoms with van der Waals surface area (Å²) in [5, 5.41) is 14.0. The van der Waals surface area contributed by atoms with Gasteiger partial charge in [-0.3, -0.25) is 10.1 Å². The van der Waals surface area contributed by atoms with Gasteiger partial charge in [-0.25, -0.2) is 4.79 Å². The van der Waals surface area contributed by atoms with E-state index in [2.05, 4.69) is 10.1 Å². The maximum Gasteiger partial charge on any atom is 0.344 e. The molecule has 2 aromatic carbocycles. The molecule has 1 N–H and O–H groups in total. The minimum Gasteiger partial charge on any atom is -0.491 e. The summed E-state index contributed by atoms with van der Waals surface area (Å²) in [4.78, 5) is 22.0. The number of methoxy groups -OCH3 is 1. The number of nitrogens with zero attached hydrogens (tertiary/aromatic N) is 1. The quantitative estimate of drug-likeness (QED) is 0.363. The molecule has 24 heavy (non-hydrogen) atoms. The third-order valence-corrected chi connectivity index (χ3v) is 3.38. The number of hydrogen-bond donors (Lipinski definition) is 1. The second-order valence-electron chi connectivity index (χ2n) is 5.02. The van der Waals surface area contributed by atoms with Crippen molar-refractivity contribution in [1.82, 2.24) is 0 Å². The molecule has 2 rings (SSSR count). The Bertz CT molecular complexity index is 746. The second-order valence-corrected chi connectivity index (χ2v) is 5.02. The minimum absolute atomic E-state index is 0.0904. The van der Waals surface area contributed by atoms with Crippen LogP contribution < -0.4 is 10.1 Å². The van der Waals surface area contributed by atoms with E-state index in [1.165, 1.54) is 19.2 Å². The second kappa shape index (κ2) is 7.96. The van der Waals surface area contributed by atoms with Gasteiger partial charge < -0.3 is 14.8 Å². The molecular weight excluding hydrogens is 312 g/mol. The molecule has 7 nitrogen and oxygen atoms in total. The predicted molar refractivity (Wildman–Crippen MR) is 89.6 cm³/mol. The van der Waals surface area contributed by atoms with Crippen LogP contribution in [-0.2, 0) is 4.74 Å². The van der Waals surface area contributed by atoms with Gasteiger partial charge in [-0.1, -0.05) is 18.2 Å². The van der Waals surface area contributed by atoms with Crippen LogP contribution in [0.5, 0.6) is 5.75 Å². The Morgan fingerprint density at radius 2 is 2.00 bits per heavy atom. The van der Waals surface area contributed by atoms with Gasteiger partial charge in [0, 0.05) is 18.3 Å². The number of nitrogens with one attached hydrogen (secondary N) is 1. The summed E-state index contributed by atoms with van der Waals surface area (Å²) in [6.45, 7) is 2.85. The van der Waals surface area contributed by atoms with Crippen molar-refractivity contribution in [3.63, 3.8) is 0 Å². The average Bonchev–Trinajstić information content (AvgIpc) is 2.59. The number of carbonyl (C=O) groups is 1. The van der Waals surface area contributed by atoms with E-state index >= 15 is 0 Å². The Labute approximate surface area is 139 Å². The number of rotatable bonds is 7. The standard InChI is InChI=1S/C17H18N2O5/c1-12-5-3-4-6-16(12)24-10-9-18-13-7-8-15(19(21)22)14(11-13)17(20)23-2/h3-8,11,18H,9-10H2,1-2H3. The highest BCUT2D eigenvalue weighted by molar-refractivity contribution is 5.95. The fraction of sp³-hybridized carbons (Fsp3) is 0.235. The molecule has 0 saturated carbocycles. The average molecular weight is 330 g/mol. The molecule has 0 bridgehead atoms. The number of nitro benzene ring substituents is 1. The predicted octanol–water partition coefficient (Wildman–Crippen LogP) is 3.18. The lowest BCUT2D eigenvalue weighted by atomic mass is 10.1. The number of para-hydroxylation sites is 1. The minimum atomic E-state index is -0.749. The van der Waals surface area contributed by atoms with Crippen molar-refractivity contribution in [3.05, 3.63) is 63.7 Å². The fourth-order valence-electron chi connectivity index (χ4n) is 2.15. The van der Waals surface area contributed by atoms with Crippen LogP contribution >= 0.6 is 0 Å². The molecule has 7 heteroatoms. The van der Waals surface area contributed by atoms with Gasteiger partial charge in [0.05, 0.1) is 12.0 Å². The monoisotopic (exact) mass is 330 g/mol. The molecule has 0 fully saturated rings. The van der Waals surface area contributed by atoms with E-state index in [0.717, 1.165) is 11.3 Å². The van der Waals surface area contributed by atoms with E-state index in [-0.39, 0.29) is 11.3 Å². The van der Waals surface area contributed by atoms with Crippen molar-refractivity contribution in [2.45, 2.75) is 6.92 Å². The smallest absolute Gasteiger partial charge is 0.344 e. The molecule has 0 aromatic heterocycles. The summed E-state index contributed by atoms with van der Waals surface area (Å²) < 4.78 is 10.2. The molecule has 0 amide bonds. The van der Waals surface area contributed by atoms with Gasteiger partial charge in [-0.05, 0) is 30.7 Å². The molecule has 0 spiro atoms. The number of nitro groups is 1. The first-order valence-electron chi connectivity index (χ1n) is 7.32. The zero-order valence-electron chi connectivity index (χ0n) is 13.4. The SMILES string of the molecule is COC(=O)c1cc(NCCOc2ccccc2C)ccc1[N+](=O)[O-]. The first kappa shape index (κ1) is 17.3. The molecule has 0 radical (unpaired) electrons. The molecule has 0 atom stereocenters. The zero-order chi connectivity index (χ0) is 17.5. The normalized spacial score (nSPS) is 10.1. The number of anilines is 1. The summed E-state index contributed by atoms with van der Waals surface area (Å²) >= 11 is 0. The molecule has 0 unspecified atom stereocenters. The number of esters is 1. The van der Waals surface area contributed by atoms with Crippen LogP contribution in [0, 0.1) is 17.0 Å². The summed E-state index contributed by atoms with van der Waals surface area (Å²) in [6, 6.07) is 11.9. The van der Waals surface area contributed by atoms with Gasteiger partial charge in [0.2, 0.25) is 0 Å². The molecule has 0 heterocycles. The summed E-state index contributed by atoms with van der Waals surface area (Å²) in [5.41, 5.74) is 1.24. The van der Waals surface area contributed by atoms with E-state index < -0.39 is 10.9 Å². The van der Waals surface area contributed by atoms with Crippen molar-refractivity contribution in [3.8, 4) is 5.75 Å². The van der Waals surface area contributed by atoms with Crippen LogP contribution in [0.15, 0.2) is 42.5 Å². The lowest BCUT2D eigenvalue weighted by Crippen LogP contribution is -2.13. The largest absolute Gasteiger partial charge is 0.491 e. The topological polar surface area (TPSA) is 90.7 Å². The molecule has 0 aliphatic rings. The third-order valence-electron chi connectivity index (χ3n) is 3.38. The lowest BCUT2D eigenvalue weighted by molar-refractivity contribution is -0.385. The van der Waals surface area contributed by atoms with Crippen molar-refractivity contribution in [2.75, 3.05) is 25.6 Å². The molecular formula is C17H18N2O5. The van der Waals surface area contributed by atoms with Gasteiger partial charge in [0.15, 0.2) is 0 Å². The molecule has 0 aliphatic heterocycles. The van der Waals surface area contributed by atoms with Crippen LogP contribution in [0.4, 0.5) is 11.4 Å². The summed E-state index contributed by atoms with van der Waals surface area (Å²) in [6.07, 6.45) is 0. The van der Waals surface area contributed by atoms with E-state index in [4.69, 9.17) is 4.74 Å². The lowest BCUT2D eigenvalue weighted by Gasteiger charge is -2.11. The Morgan fingerprint density at radius 3 is 2.67 bits per heavy atom. The maximum atomic E-state index is 11.7. The third kappa shape index (κ3) is 4.22. The van der Waals surface area contributed by atoms with Gasteiger partial charge in [-0.2, -0.15) is 0 Å². The summed E-state index contributed by atoms with van der Waals surface area (Å²) in [5.74, 6) is 0.0553. The highest BCUT2D eigenvalue weighted by Gasteiger charge is 2.21. The van der Waals surface area contributed by atoms with Crippen LogP contribution in [0.25, 0.3) is 0 Å². The van der Waals surface area contributed by atoms with Crippen molar-refractivity contribution < 1.29 is 19.2 Å². The van der Waals surface area contributed by atoms with Crippen molar-refractivity contribution in [2.24, 2.45) is 0 Å². The van der Waals surface area contributed by atoms with Crippen molar-refractivity contribution >= 4 is 17.3 Å². The van der Waals surface area contributed by atoms with E-state index in [1.54, 1.807) is 6.07 Å². The van der Waals surface area contributed by atoms with Crippen LogP contribution in [0.3, 0.4) is 0 Å². The molecule has 0 aliphatic carbocycles. The maximum absolute atomic E-state index is 11.7. The number of ether oxygens (including phenoxy) is 2. The highest BCUT2D eigenvalue weighted by Crippen LogP contribution is 2.23. The van der Waals surface area contributed by atoms with Crippen LogP contribution in [0.2, 0.25) is 0 Å². The fourth-order valence-corrected chi connectivity index (χ4v) is 2.15. The Morgan fingerprint density at radius 1 is 1.25 bits per heavy atom. The van der Waals surface area contributed by atoms with E-state index in [0.29, 0.717) is 18.8 Å². The van der Waals surface area contributed by atoms with Gasteiger partial charge in [0.1, 0.15) is 17.9 Å². The molecule has 0 saturated heterocycles. The summed E-state index contributed by atoms with van der Waals surface area (Å²) in [7, 11) is 1.18. The number of aryl methyl sites for hydroxylation is 1. The van der Waals surface area contributed by atoms with Crippen LogP contribution in [-0.4, -0.2) is 31.2 Å².